The number of carbonyl (C=O) groups is 2. The highest BCUT2D eigenvalue weighted by Gasteiger charge is 2.09. The minimum atomic E-state index is -0.757. The van der Waals surface area contributed by atoms with Crippen molar-refractivity contribution >= 4 is 23.8 Å². The molecule has 2 rings (SSSR count). The molecule has 0 aliphatic rings. The van der Waals surface area contributed by atoms with Crippen LogP contribution in [0.1, 0.15) is 16.7 Å². The lowest BCUT2D eigenvalue weighted by atomic mass is 10.1. The molecule has 0 aliphatic carbocycles. The first-order valence-electron chi connectivity index (χ1n) is 8.15. The molecule has 8 heteroatoms. The summed E-state index contributed by atoms with van der Waals surface area (Å²) in [5.41, 5.74) is 10.7. The van der Waals surface area contributed by atoms with Gasteiger partial charge in [-0.25, -0.2) is 10.2 Å². The van der Waals surface area contributed by atoms with Gasteiger partial charge in [0.15, 0.2) is 18.1 Å². The first-order valence-corrected chi connectivity index (χ1v) is 8.15. The van der Waals surface area contributed by atoms with Gasteiger partial charge in [-0.2, -0.15) is 5.10 Å². The van der Waals surface area contributed by atoms with Crippen molar-refractivity contribution in [2.24, 2.45) is 10.8 Å². The van der Waals surface area contributed by atoms with E-state index in [1.807, 2.05) is 32.0 Å². The molecule has 0 atom stereocenters. The topological polar surface area (TPSA) is 115 Å². The average molecular weight is 370 g/mol. The fourth-order valence-corrected chi connectivity index (χ4v) is 2.21. The van der Waals surface area contributed by atoms with Gasteiger partial charge in [-0.05, 0) is 60.9 Å². The van der Waals surface area contributed by atoms with Crippen LogP contribution in [0.5, 0.6) is 11.5 Å². The molecule has 142 valence electrons. The summed E-state index contributed by atoms with van der Waals surface area (Å²) in [5.74, 6) is 0.557. The zero-order valence-corrected chi connectivity index (χ0v) is 15.4. The van der Waals surface area contributed by atoms with E-state index in [9.17, 15) is 9.59 Å². The van der Waals surface area contributed by atoms with Crippen molar-refractivity contribution in [3.8, 4) is 11.5 Å². The standard InChI is InChI=1S/C19H22N4O4/c1-12-4-6-15(8-13(12)2)22-18(24)11-27-16-7-5-14(9-17(16)26-3)10-21-23-19(20)25/h4-10H,11H2,1-3H3,(H,22,24)(H3,20,23,25)/b21-10-. The lowest BCUT2D eigenvalue weighted by molar-refractivity contribution is -0.118. The number of amides is 3. The summed E-state index contributed by atoms with van der Waals surface area (Å²) >= 11 is 0. The number of aryl methyl sites for hydroxylation is 2. The van der Waals surface area contributed by atoms with Crippen LogP contribution in [0, 0.1) is 13.8 Å². The van der Waals surface area contributed by atoms with Gasteiger partial charge < -0.3 is 20.5 Å². The summed E-state index contributed by atoms with van der Waals surface area (Å²) in [6.45, 7) is 3.82. The Kier molecular flexibility index (Phi) is 6.76. The number of anilines is 1. The molecule has 0 aliphatic heterocycles. The minimum Gasteiger partial charge on any atom is -0.493 e. The second-order valence-electron chi connectivity index (χ2n) is 5.78. The van der Waals surface area contributed by atoms with Crippen LogP contribution in [0.25, 0.3) is 0 Å². The zero-order chi connectivity index (χ0) is 19.8. The summed E-state index contributed by atoms with van der Waals surface area (Å²) in [6.07, 6.45) is 1.41. The fraction of sp³-hybridized carbons (Fsp3) is 0.211. The summed E-state index contributed by atoms with van der Waals surface area (Å²) in [6, 6.07) is 9.94. The number of carbonyl (C=O) groups excluding carboxylic acids is 2. The molecule has 0 radical (unpaired) electrons. The third-order valence-electron chi connectivity index (χ3n) is 3.73. The molecule has 0 heterocycles. The zero-order valence-electron chi connectivity index (χ0n) is 15.4. The van der Waals surface area contributed by atoms with E-state index >= 15 is 0 Å². The number of nitrogens with zero attached hydrogens (tertiary/aromatic N) is 1. The number of rotatable bonds is 7. The van der Waals surface area contributed by atoms with Gasteiger partial charge in [0, 0.05) is 5.69 Å². The number of ether oxygens (including phenoxy) is 2. The fourth-order valence-electron chi connectivity index (χ4n) is 2.21. The Morgan fingerprint density at radius 3 is 2.56 bits per heavy atom. The predicted molar refractivity (Wildman–Crippen MR) is 103 cm³/mol. The highest BCUT2D eigenvalue weighted by molar-refractivity contribution is 5.92. The Labute approximate surface area is 157 Å². The second-order valence-corrected chi connectivity index (χ2v) is 5.78. The monoisotopic (exact) mass is 370 g/mol. The first-order chi connectivity index (χ1) is 12.9. The maximum Gasteiger partial charge on any atom is 0.332 e. The van der Waals surface area contributed by atoms with Crippen LogP contribution in [-0.2, 0) is 4.79 Å². The van der Waals surface area contributed by atoms with Crippen molar-refractivity contribution in [2.75, 3.05) is 19.0 Å². The van der Waals surface area contributed by atoms with E-state index in [1.54, 1.807) is 18.2 Å². The lowest BCUT2D eigenvalue weighted by Crippen LogP contribution is -2.24. The second kappa shape index (κ2) is 9.23. The molecular weight excluding hydrogens is 348 g/mol. The van der Waals surface area contributed by atoms with E-state index < -0.39 is 6.03 Å². The van der Waals surface area contributed by atoms with E-state index in [4.69, 9.17) is 15.2 Å². The number of primary amides is 1. The van der Waals surface area contributed by atoms with Gasteiger partial charge in [0.05, 0.1) is 13.3 Å². The van der Waals surface area contributed by atoms with E-state index in [1.165, 1.54) is 13.3 Å². The Bertz CT molecular complexity index is 865. The van der Waals surface area contributed by atoms with Gasteiger partial charge in [0.25, 0.3) is 5.91 Å². The van der Waals surface area contributed by atoms with E-state index in [2.05, 4.69) is 15.8 Å². The summed E-state index contributed by atoms with van der Waals surface area (Å²) in [4.78, 5) is 22.7. The van der Waals surface area contributed by atoms with Crippen LogP contribution in [0.3, 0.4) is 0 Å². The molecule has 0 unspecified atom stereocenters. The Balaban J connectivity index is 1.97. The molecule has 2 aromatic carbocycles. The van der Waals surface area contributed by atoms with Gasteiger partial charge in [0.1, 0.15) is 0 Å². The molecule has 27 heavy (non-hydrogen) atoms. The predicted octanol–water partition coefficient (Wildman–Crippen LogP) is 2.33. The third-order valence-corrected chi connectivity index (χ3v) is 3.73. The van der Waals surface area contributed by atoms with Gasteiger partial charge in [0.2, 0.25) is 0 Å². The number of nitrogens with two attached hydrogens (primary N) is 1. The molecule has 0 spiro atoms. The van der Waals surface area contributed by atoms with E-state index in [-0.39, 0.29) is 12.5 Å². The van der Waals surface area contributed by atoms with Crippen molar-refractivity contribution in [1.82, 2.24) is 5.43 Å². The molecule has 3 amide bonds. The lowest BCUT2D eigenvalue weighted by Gasteiger charge is -2.12. The van der Waals surface area contributed by atoms with Crippen LogP contribution in [0.2, 0.25) is 0 Å². The Morgan fingerprint density at radius 2 is 1.89 bits per heavy atom. The van der Waals surface area contributed by atoms with Gasteiger partial charge in [-0.1, -0.05) is 6.07 Å². The number of methoxy groups -OCH3 is 1. The molecule has 0 bridgehead atoms. The number of benzene rings is 2. The number of hydrazone groups is 1. The molecule has 0 saturated heterocycles. The highest BCUT2D eigenvalue weighted by Crippen LogP contribution is 2.27. The summed E-state index contributed by atoms with van der Waals surface area (Å²) in [5, 5.41) is 6.46. The van der Waals surface area contributed by atoms with E-state index in [0.29, 0.717) is 22.7 Å². The normalized spacial score (nSPS) is 10.5. The van der Waals surface area contributed by atoms with Crippen LogP contribution in [0.15, 0.2) is 41.5 Å². The highest BCUT2D eigenvalue weighted by atomic mass is 16.5. The maximum absolute atomic E-state index is 12.1. The number of urea groups is 1. The van der Waals surface area contributed by atoms with E-state index in [0.717, 1.165) is 11.1 Å². The quantitative estimate of drug-likeness (QED) is 0.512. The minimum absolute atomic E-state index is 0.167. The largest absolute Gasteiger partial charge is 0.493 e. The van der Waals surface area contributed by atoms with Gasteiger partial charge in [-0.3, -0.25) is 4.79 Å². The summed E-state index contributed by atoms with van der Waals surface area (Å²) in [7, 11) is 1.49. The van der Waals surface area contributed by atoms with Crippen molar-refractivity contribution in [3.63, 3.8) is 0 Å². The van der Waals surface area contributed by atoms with Crippen LogP contribution in [-0.4, -0.2) is 31.9 Å². The molecule has 8 nitrogen and oxygen atoms in total. The molecule has 4 N–H and O–H groups in total. The maximum atomic E-state index is 12.1. The molecule has 0 aromatic heterocycles. The van der Waals surface area contributed by atoms with Gasteiger partial charge in [-0.15, -0.1) is 0 Å². The number of hydrogen-bond acceptors (Lipinski definition) is 5. The third kappa shape index (κ3) is 6.03. The number of nitrogens with one attached hydrogen (secondary N) is 2. The Morgan fingerprint density at radius 1 is 1.11 bits per heavy atom. The van der Waals surface area contributed by atoms with Crippen molar-refractivity contribution in [2.45, 2.75) is 13.8 Å². The molecule has 0 fully saturated rings. The van der Waals surface area contributed by atoms with Crippen molar-refractivity contribution in [1.29, 1.82) is 0 Å². The van der Waals surface area contributed by atoms with Crippen LogP contribution < -0.4 is 25.9 Å². The van der Waals surface area contributed by atoms with Crippen molar-refractivity contribution in [3.05, 3.63) is 53.1 Å². The van der Waals surface area contributed by atoms with Crippen LogP contribution >= 0.6 is 0 Å². The number of hydrogen-bond donors (Lipinski definition) is 3. The SMILES string of the molecule is COc1cc(/C=N\NC(N)=O)ccc1OCC(=O)Nc1ccc(C)c(C)c1. The average Bonchev–Trinajstić information content (AvgIpc) is 2.63. The molecular formula is C19H22N4O4. The Hall–Kier alpha value is -3.55. The summed E-state index contributed by atoms with van der Waals surface area (Å²) < 4.78 is 10.8. The first kappa shape index (κ1) is 19.8. The molecule has 0 saturated carbocycles. The van der Waals surface area contributed by atoms with Crippen LogP contribution in [0.4, 0.5) is 10.5 Å². The van der Waals surface area contributed by atoms with Gasteiger partial charge >= 0.3 is 6.03 Å². The molecule has 2 aromatic rings. The smallest absolute Gasteiger partial charge is 0.332 e. The van der Waals surface area contributed by atoms with Crippen molar-refractivity contribution < 1.29 is 19.1 Å².